The maximum Gasteiger partial charge on any atom is 0.272 e. The summed E-state index contributed by atoms with van der Waals surface area (Å²) < 4.78 is 2.10. The van der Waals surface area contributed by atoms with Gasteiger partial charge in [-0.3, -0.25) is 4.79 Å². The molecule has 2 aromatic carbocycles. The molecule has 4 heteroatoms. The first-order valence-electron chi connectivity index (χ1n) is 9.43. The van der Waals surface area contributed by atoms with Gasteiger partial charge in [-0.05, 0) is 62.6 Å². The smallest absolute Gasteiger partial charge is 0.272 e. The van der Waals surface area contributed by atoms with Gasteiger partial charge in [-0.1, -0.05) is 18.2 Å². The summed E-state index contributed by atoms with van der Waals surface area (Å²) in [6, 6.07) is 16.4. The molecule has 1 aromatic heterocycles. The third kappa shape index (κ3) is 2.85. The zero-order chi connectivity index (χ0) is 18.1. The number of benzene rings is 2. The predicted molar refractivity (Wildman–Crippen MR) is 108 cm³/mol. The molecule has 1 saturated heterocycles. The minimum Gasteiger partial charge on any atom is -0.372 e. The number of anilines is 2. The van der Waals surface area contributed by atoms with Crippen molar-refractivity contribution in [2.75, 3.05) is 23.3 Å². The summed E-state index contributed by atoms with van der Waals surface area (Å²) in [5, 5.41) is 4.22. The van der Waals surface area contributed by atoms with Crippen LogP contribution in [0.4, 0.5) is 11.4 Å². The van der Waals surface area contributed by atoms with E-state index >= 15 is 0 Å². The number of hydrogen-bond donors (Lipinski definition) is 1. The molecule has 0 spiro atoms. The van der Waals surface area contributed by atoms with Crippen LogP contribution in [0.2, 0.25) is 0 Å². The summed E-state index contributed by atoms with van der Waals surface area (Å²) in [4.78, 5) is 15.4. The third-order valence-electron chi connectivity index (χ3n) is 5.35. The molecule has 0 atom stereocenters. The Balaban J connectivity index is 1.60. The Kier molecular flexibility index (Phi) is 4.41. The second kappa shape index (κ2) is 6.87. The molecule has 2 heterocycles. The lowest BCUT2D eigenvalue weighted by Gasteiger charge is -2.18. The van der Waals surface area contributed by atoms with E-state index < -0.39 is 0 Å². The predicted octanol–water partition coefficient (Wildman–Crippen LogP) is 4.82. The summed E-state index contributed by atoms with van der Waals surface area (Å²) >= 11 is 0. The molecule has 1 N–H and O–H groups in total. The van der Waals surface area contributed by atoms with E-state index in [1.165, 1.54) is 18.5 Å². The summed E-state index contributed by atoms with van der Waals surface area (Å²) in [5.41, 5.74) is 4.97. The molecule has 1 aliphatic rings. The van der Waals surface area contributed by atoms with E-state index in [0.29, 0.717) is 0 Å². The van der Waals surface area contributed by atoms with Gasteiger partial charge >= 0.3 is 0 Å². The molecule has 3 aromatic rings. The van der Waals surface area contributed by atoms with Gasteiger partial charge in [0.2, 0.25) is 0 Å². The number of rotatable bonds is 4. The number of nitrogens with one attached hydrogen (secondary N) is 1. The Labute approximate surface area is 154 Å². The highest BCUT2D eigenvalue weighted by atomic mass is 16.2. The van der Waals surface area contributed by atoms with Crippen molar-refractivity contribution >= 4 is 28.2 Å². The van der Waals surface area contributed by atoms with Crippen molar-refractivity contribution in [3.8, 4) is 0 Å². The van der Waals surface area contributed by atoms with E-state index in [-0.39, 0.29) is 5.91 Å². The topological polar surface area (TPSA) is 37.3 Å². The number of carbonyl (C=O) groups is 1. The summed E-state index contributed by atoms with van der Waals surface area (Å²) in [6.07, 6.45) is 2.53. The van der Waals surface area contributed by atoms with E-state index in [9.17, 15) is 4.79 Å². The SMILES string of the molecule is CCn1c(C(=O)Nc2ccc(N3CCCC3)cc2)c(C)c2ccccc21. The van der Waals surface area contributed by atoms with E-state index in [1.54, 1.807) is 0 Å². The van der Waals surface area contributed by atoms with Crippen LogP contribution in [0.5, 0.6) is 0 Å². The van der Waals surface area contributed by atoms with E-state index in [1.807, 2.05) is 31.2 Å². The number of nitrogens with zero attached hydrogens (tertiary/aromatic N) is 2. The number of carbonyl (C=O) groups excluding carboxylic acids is 1. The quantitative estimate of drug-likeness (QED) is 0.734. The van der Waals surface area contributed by atoms with Crippen molar-refractivity contribution in [2.24, 2.45) is 0 Å². The molecular formula is C22H25N3O. The molecular weight excluding hydrogens is 322 g/mol. The molecule has 1 fully saturated rings. The Hall–Kier alpha value is -2.75. The molecule has 0 bridgehead atoms. The Morgan fingerprint density at radius 3 is 2.42 bits per heavy atom. The van der Waals surface area contributed by atoms with Crippen molar-refractivity contribution in [3.05, 3.63) is 59.8 Å². The molecule has 1 amide bonds. The van der Waals surface area contributed by atoms with Crippen LogP contribution in [0.1, 0.15) is 35.8 Å². The summed E-state index contributed by atoms with van der Waals surface area (Å²) in [6.45, 7) is 7.13. The molecule has 0 aliphatic carbocycles. The highest BCUT2D eigenvalue weighted by Crippen LogP contribution is 2.27. The monoisotopic (exact) mass is 347 g/mol. The fourth-order valence-electron chi connectivity index (χ4n) is 4.02. The van der Waals surface area contributed by atoms with Crippen LogP contribution in [0.15, 0.2) is 48.5 Å². The molecule has 0 unspecified atom stereocenters. The van der Waals surface area contributed by atoms with Gasteiger partial charge in [0, 0.05) is 41.9 Å². The van der Waals surface area contributed by atoms with Crippen LogP contribution in [0, 0.1) is 6.92 Å². The number of amides is 1. The van der Waals surface area contributed by atoms with Crippen LogP contribution in [-0.4, -0.2) is 23.6 Å². The average molecular weight is 347 g/mol. The minimum atomic E-state index is -0.0468. The molecule has 0 saturated carbocycles. The molecule has 4 rings (SSSR count). The lowest BCUT2D eigenvalue weighted by atomic mass is 10.1. The van der Waals surface area contributed by atoms with Crippen molar-refractivity contribution in [1.29, 1.82) is 0 Å². The van der Waals surface area contributed by atoms with Crippen LogP contribution in [0.3, 0.4) is 0 Å². The van der Waals surface area contributed by atoms with Crippen molar-refractivity contribution in [1.82, 2.24) is 4.57 Å². The summed E-state index contributed by atoms with van der Waals surface area (Å²) in [7, 11) is 0. The normalized spacial score (nSPS) is 14.2. The third-order valence-corrected chi connectivity index (χ3v) is 5.35. The fraction of sp³-hybridized carbons (Fsp3) is 0.318. The highest BCUT2D eigenvalue weighted by Gasteiger charge is 2.19. The Morgan fingerprint density at radius 2 is 1.73 bits per heavy atom. The number of aryl methyl sites for hydroxylation is 2. The maximum absolute atomic E-state index is 13.0. The number of fused-ring (bicyclic) bond motifs is 1. The van der Waals surface area contributed by atoms with E-state index in [2.05, 4.69) is 46.0 Å². The van der Waals surface area contributed by atoms with Gasteiger partial charge in [0.1, 0.15) is 5.69 Å². The van der Waals surface area contributed by atoms with E-state index in [0.717, 1.165) is 47.5 Å². The van der Waals surface area contributed by atoms with E-state index in [4.69, 9.17) is 0 Å². The molecule has 0 radical (unpaired) electrons. The van der Waals surface area contributed by atoms with Gasteiger partial charge in [0.15, 0.2) is 0 Å². The van der Waals surface area contributed by atoms with Gasteiger partial charge in [-0.25, -0.2) is 0 Å². The van der Waals surface area contributed by atoms with Crippen molar-refractivity contribution < 1.29 is 4.79 Å². The highest BCUT2D eigenvalue weighted by molar-refractivity contribution is 6.08. The van der Waals surface area contributed by atoms with Gasteiger partial charge in [0.25, 0.3) is 5.91 Å². The lowest BCUT2D eigenvalue weighted by Crippen LogP contribution is -2.19. The second-order valence-corrected chi connectivity index (χ2v) is 6.93. The fourth-order valence-corrected chi connectivity index (χ4v) is 4.02. The molecule has 26 heavy (non-hydrogen) atoms. The van der Waals surface area contributed by atoms with Crippen molar-refractivity contribution in [3.63, 3.8) is 0 Å². The van der Waals surface area contributed by atoms with Gasteiger partial charge in [-0.15, -0.1) is 0 Å². The Bertz CT molecular complexity index is 934. The van der Waals surface area contributed by atoms with Crippen LogP contribution >= 0.6 is 0 Å². The summed E-state index contributed by atoms with van der Waals surface area (Å²) in [5.74, 6) is -0.0468. The van der Waals surface area contributed by atoms with Crippen LogP contribution < -0.4 is 10.2 Å². The number of hydrogen-bond acceptors (Lipinski definition) is 2. The lowest BCUT2D eigenvalue weighted by molar-refractivity contribution is 0.101. The number of aromatic nitrogens is 1. The average Bonchev–Trinajstić information content (AvgIpc) is 3.29. The van der Waals surface area contributed by atoms with Gasteiger partial charge < -0.3 is 14.8 Å². The zero-order valence-corrected chi connectivity index (χ0v) is 15.5. The standard InChI is InChI=1S/C22H25N3O/c1-3-25-20-9-5-4-8-19(20)16(2)21(25)22(26)23-17-10-12-18(13-11-17)24-14-6-7-15-24/h4-5,8-13H,3,6-7,14-15H2,1-2H3,(H,23,26). The largest absolute Gasteiger partial charge is 0.372 e. The first kappa shape index (κ1) is 16.7. The molecule has 4 nitrogen and oxygen atoms in total. The van der Waals surface area contributed by atoms with Crippen LogP contribution in [0.25, 0.3) is 10.9 Å². The minimum absolute atomic E-state index is 0.0468. The molecule has 1 aliphatic heterocycles. The van der Waals surface area contributed by atoms with Crippen molar-refractivity contribution in [2.45, 2.75) is 33.2 Å². The molecule has 134 valence electrons. The maximum atomic E-state index is 13.0. The Morgan fingerprint density at radius 1 is 1.04 bits per heavy atom. The number of para-hydroxylation sites is 1. The van der Waals surface area contributed by atoms with Crippen LogP contribution in [-0.2, 0) is 6.54 Å². The first-order valence-corrected chi connectivity index (χ1v) is 9.43. The first-order chi connectivity index (χ1) is 12.7. The zero-order valence-electron chi connectivity index (χ0n) is 15.5. The second-order valence-electron chi connectivity index (χ2n) is 6.93. The van der Waals surface area contributed by atoms with Gasteiger partial charge in [-0.2, -0.15) is 0 Å². The van der Waals surface area contributed by atoms with Gasteiger partial charge in [0.05, 0.1) is 0 Å².